The van der Waals surface area contributed by atoms with Crippen LogP contribution >= 0.6 is 15.9 Å². The van der Waals surface area contributed by atoms with Crippen molar-refractivity contribution in [1.29, 1.82) is 0 Å². The summed E-state index contributed by atoms with van der Waals surface area (Å²) in [6.07, 6.45) is 4.98. The standard InChI is InChI=1S/C16H20BrNO3/c1-10-7-8-12(17)9-13(10)15(19)18-14(16(20)21)11-5-3-2-4-6-11/h7-9,11,14H,2-6H2,1H3,(H,18,19)(H,20,21). The fraction of sp³-hybridized carbons (Fsp3) is 0.500. The maximum Gasteiger partial charge on any atom is 0.326 e. The molecule has 1 fully saturated rings. The zero-order chi connectivity index (χ0) is 15.4. The van der Waals surface area contributed by atoms with E-state index in [9.17, 15) is 14.7 Å². The number of nitrogens with one attached hydrogen (secondary N) is 1. The van der Waals surface area contributed by atoms with Gasteiger partial charge in [-0.15, -0.1) is 0 Å². The third kappa shape index (κ3) is 4.06. The van der Waals surface area contributed by atoms with Gasteiger partial charge in [-0.3, -0.25) is 4.79 Å². The van der Waals surface area contributed by atoms with Crippen LogP contribution in [0.1, 0.15) is 48.0 Å². The molecule has 0 saturated heterocycles. The van der Waals surface area contributed by atoms with Gasteiger partial charge in [-0.25, -0.2) is 4.79 Å². The number of carboxylic acid groups (broad SMARTS) is 1. The summed E-state index contributed by atoms with van der Waals surface area (Å²) in [6.45, 7) is 1.84. The molecule has 1 aromatic rings. The lowest BCUT2D eigenvalue weighted by Crippen LogP contribution is -2.46. The lowest BCUT2D eigenvalue weighted by atomic mass is 9.83. The van der Waals surface area contributed by atoms with Gasteiger partial charge in [0.05, 0.1) is 0 Å². The largest absolute Gasteiger partial charge is 0.480 e. The molecule has 0 spiro atoms. The summed E-state index contributed by atoms with van der Waals surface area (Å²) >= 11 is 3.34. The molecule has 1 atom stereocenters. The number of hydrogen-bond acceptors (Lipinski definition) is 2. The van der Waals surface area contributed by atoms with Crippen LogP contribution in [-0.4, -0.2) is 23.0 Å². The molecule has 1 saturated carbocycles. The molecule has 0 heterocycles. The van der Waals surface area contributed by atoms with Crippen molar-refractivity contribution in [2.75, 3.05) is 0 Å². The van der Waals surface area contributed by atoms with Crippen LogP contribution < -0.4 is 5.32 Å². The summed E-state index contributed by atoms with van der Waals surface area (Å²) in [4.78, 5) is 23.9. The fourth-order valence-corrected chi connectivity index (χ4v) is 3.27. The van der Waals surface area contributed by atoms with Crippen LogP contribution in [0.25, 0.3) is 0 Å². The topological polar surface area (TPSA) is 66.4 Å². The maximum atomic E-state index is 12.4. The second kappa shape index (κ2) is 7.07. The molecule has 1 aliphatic carbocycles. The molecular weight excluding hydrogens is 334 g/mol. The Kier molecular flexibility index (Phi) is 5.39. The average Bonchev–Trinajstić information content (AvgIpc) is 2.47. The monoisotopic (exact) mass is 353 g/mol. The molecule has 114 valence electrons. The molecule has 2 N–H and O–H groups in total. The van der Waals surface area contributed by atoms with Crippen molar-refractivity contribution in [2.24, 2.45) is 5.92 Å². The molecule has 0 bridgehead atoms. The van der Waals surface area contributed by atoms with Crippen molar-refractivity contribution < 1.29 is 14.7 Å². The van der Waals surface area contributed by atoms with E-state index in [1.165, 1.54) is 0 Å². The highest BCUT2D eigenvalue weighted by atomic mass is 79.9. The Bertz CT molecular complexity index is 538. The molecular formula is C16H20BrNO3. The predicted octanol–water partition coefficient (Wildman–Crippen LogP) is 3.52. The Hall–Kier alpha value is -1.36. The molecule has 1 aromatic carbocycles. The van der Waals surface area contributed by atoms with E-state index < -0.39 is 12.0 Å². The molecule has 0 radical (unpaired) electrons. The molecule has 1 unspecified atom stereocenters. The van der Waals surface area contributed by atoms with Crippen molar-refractivity contribution in [3.63, 3.8) is 0 Å². The molecule has 4 nitrogen and oxygen atoms in total. The van der Waals surface area contributed by atoms with E-state index in [2.05, 4.69) is 21.2 Å². The number of rotatable bonds is 4. The SMILES string of the molecule is Cc1ccc(Br)cc1C(=O)NC(C(=O)O)C1CCCCC1. The van der Waals surface area contributed by atoms with Crippen LogP contribution in [0.15, 0.2) is 22.7 Å². The summed E-state index contributed by atoms with van der Waals surface area (Å²) < 4.78 is 0.808. The number of carboxylic acids is 1. The highest BCUT2D eigenvalue weighted by Crippen LogP contribution is 2.27. The first-order chi connectivity index (χ1) is 9.99. The molecule has 21 heavy (non-hydrogen) atoms. The number of halogens is 1. The number of hydrogen-bond donors (Lipinski definition) is 2. The van der Waals surface area contributed by atoms with Gasteiger partial charge in [0, 0.05) is 10.0 Å². The summed E-state index contributed by atoms with van der Waals surface area (Å²) in [6, 6.07) is 4.64. The molecule has 0 aromatic heterocycles. The maximum absolute atomic E-state index is 12.4. The van der Waals surface area contributed by atoms with Gasteiger partial charge in [0.15, 0.2) is 0 Å². The predicted molar refractivity (Wildman–Crippen MR) is 84.3 cm³/mol. The van der Waals surface area contributed by atoms with E-state index in [-0.39, 0.29) is 11.8 Å². The van der Waals surface area contributed by atoms with Crippen molar-refractivity contribution >= 4 is 27.8 Å². The number of carbonyl (C=O) groups is 2. The van der Waals surface area contributed by atoms with Crippen LogP contribution in [0.4, 0.5) is 0 Å². The second-order valence-corrected chi connectivity index (χ2v) is 6.56. The van der Waals surface area contributed by atoms with Gasteiger partial charge < -0.3 is 10.4 Å². The zero-order valence-corrected chi connectivity index (χ0v) is 13.6. The Labute approximate surface area is 133 Å². The minimum atomic E-state index is -0.942. The summed E-state index contributed by atoms with van der Waals surface area (Å²) in [5.41, 5.74) is 1.36. The minimum Gasteiger partial charge on any atom is -0.480 e. The van der Waals surface area contributed by atoms with Crippen molar-refractivity contribution in [1.82, 2.24) is 5.32 Å². The third-order valence-corrected chi connectivity index (χ3v) is 4.61. The summed E-state index contributed by atoms with van der Waals surface area (Å²) in [5, 5.41) is 12.1. The van der Waals surface area contributed by atoms with Crippen molar-refractivity contribution in [3.8, 4) is 0 Å². The molecule has 2 rings (SSSR count). The Morgan fingerprint density at radius 3 is 2.57 bits per heavy atom. The van der Waals surface area contributed by atoms with Crippen LogP contribution in [0.3, 0.4) is 0 Å². The quantitative estimate of drug-likeness (QED) is 0.870. The third-order valence-electron chi connectivity index (χ3n) is 4.12. The molecule has 1 amide bonds. The van der Waals surface area contributed by atoms with Gasteiger partial charge in [-0.2, -0.15) is 0 Å². The number of benzene rings is 1. The number of carbonyl (C=O) groups excluding carboxylic acids is 1. The Balaban J connectivity index is 2.14. The van der Waals surface area contributed by atoms with Crippen LogP contribution in [0, 0.1) is 12.8 Å². The van der Waals surface area contributed by atoms with E-state index in [0.29, 0.717) is 5.56 Å². The van der Waals surface area contributed by atoms with E-state index in [1.54, 1.807) is 6.07 Å². The Morgan fingerprint density at radius 2 is 1.95 bits per heavy atom. The van der Waals surface area contributed by atoms with Crippen molar-refractivity contribution in [3.05, 3.63) is 33.8 Å². The summed E-state index contributed by atoms with van der Waals surface area (Å²) in [7, 11) is 0. The van der Waals surface area contributed by atoms with Gasteiger partial charge in [0.2, 0.25) is 0 Å². The van der Waals surface area contributed by atoms with Gasteiger partial charge in [0.25, 0.3) is 5.91 Å². The number of aryl methyl sites for hydroxylation is 1. The summed E-state index contributed by atoms with van der Waals surface area (Å²) in [5.74, 6) is -1.22. The second-order valence-electron chi connectivity index (χ2n) is 5.65. The van der Waals surface area contributed by atoms with E-state index in [4.69, 9.17) is 0 Å². The minimum absolute atomic E-state index is 0.0349. The first kappa shape index (κ1) is 16.0. The average molecular weight is 354 g/mol. The van der Waals surface area contributed by atoms with Crippen LogP contribution in [0.2, 0.25) is 0 Å². The zero-order valence-electron chi connectivity index (χ0n) is 12.1. The van der Waals surface area contributed by atoms with Gasteiger partial charge in [-0.05, 0) is 43.4 Å². The number of amides is 1. The molecule has 1 aliphatic rings. The van der Waals surface area contributed by atoms with Gasteiger partial charge in [0.1, 0.15) is 6.04 Å². The first-order valence-corrected chi connectivity index (χ1v) is 8.08. The smallest absolute Gasteiger partial charge is 0.326 e. The van der Waals surface area contributed by atoms with E-state index in [0.717, 1.165) is 42.1 Å². The lowest BCUT2D eigenvalue weighted by Gasteiger charge is -2.28. The highest BCUT2D eigenvalue weighted by Gasteiger charge is 2.31. The fourth-order valence-electron chi connectivity index (χ4n) is 2.91. The van der Waals surface area contributed by atoms with Crippen molar-refractivity contribution in [2.45, 2.75) is 45.1 Å². The van der Waals surface area contributed by atoms with Crippen LogP contribution in [0.5, 0.6) is 0 Å². The first-order valence-electron chi connectivity index (χ1n) is 7.29. The normalized spacial score (nSPS) is 17.2. The lowest BCUT2D eigenvalue weighted by molar-refractivity contribution is -0.141. The van der Waals surface area contributed by atoms with Crippen LogP contribution in [-0.2, 0) is 4.79 Å². The Morgan fingerprint density at radius 1 is 1.29 bits per heavy atom. The highest BCUT2D eigenvalue weighted by molar-refractivity contribution is 9.10. The number of aliphatic carboxylic acids is 1. The van der Waals surface area contributed by atoms with Gasteiger partial charge >= 0.3 is 5.97 Å². The molecule has 5 heteroatoms. The van der Waals surface area contributed by atoms with E-state index >= 15 is 0 Å². The molecule has 0 aliphatic heterocycles. The van der Waals surface area contributed by atoms with E-state index in [1.807, 2.05) is 19.1 Å². The van der Waals surface area contributed by atoms with Gasteiger partial charge in [-0.1, -0.05) is 41.3 Å².